The van der Waals surface area contributed by atoms with Gasteiger partial charge in [0.15, 0.2) is 5.13 Å². The molecule has 0 spiro atoms. The molecule has 18 heavy (non-hydrogen) atoms. The fourth-order valence-corrected chi connectivity index (χ4v) is 2.20. The van der Waals surface area contributed by atoms with Crippen molar-refractivity contribution in [3.8, 4) is 0 Å². The van der Waals surface area contributed by atoms with Crippen LogP contribution in [-0.4, -0.2) is 48.9 Å². The monoisotopic (exact) mass is 271 g/mol. The van der Waals surface area contributed by atoms with Gasteiger partial charge in [0.25, 0.3) is 5.91 Å². The maximum atomic E-state index is 12.2. The first kappa shape index (κ1) is 14.2. The Bertz CT molecular complexity index is 457. The van der Waals surface area contributed by atoms with Crippen LogP contribution < -0.4 is 16.4 Å². The number of hydrogen-bond donors (Lipinski definition) is 2. The maximum absolute atomic E-state index is 12.2. The number of primary amides is 1. The Morgan fingerprint density at radius 3 is 2.39 bits per heavy atom. The third-order valence-electron chi connectivity index (χ3n) is 2.23. The molecule has 0 radical (unpaired) electrons. The van der Waals surface area contributed by atoms with Gasteiger partial charge in [-0.2, -0.15) is 0 Å². The van der Waals surface area contributed by atoms with Crippen LogP contribution in [0, 0.1) is 0 Å². The second-order valence-corrected chi connectivity index (χ2v) is 4.87. The lowest BCUT2D eigenvalue weighted by Gasteiger charge is -2.17. The summed E-state index contributed by atoms with van der Waals surface area (Å²) in [5.74, 6) is -0.697. The zero-order valence-electron chi connectivity index (χ0n) is 10.6. The molecule has 0 unspecified atom stereocenters. The number of rotatable bonds is 5. The molecule has 7 nitrogen and oxygen atoms in total. The van der Waals surface area contributed by atoms with Crippen molar-refractivity contribution in [3.63, 3.8) is 0 Å². The first-order valence-corrected chi connectivity index (χ1v) is 6.19. The summed E-state index contributed by atoms with van der Waals surface area (Å²) in [5, 5.41) is 0.644. The van der Waals surface area contributed by atoms with Crippen LogP contribution in [0.4, 0.5) is 10.9 Å². The van der Waals surface area contributed by atoms with Crippen molar-refractivity contribution < 1.29 is 9.59 Å². The Balaban J connectivity index is 2.98. The average molecular weight is 271 g/mol. The Morgan fingerprint density at radius 2 is 2.00 bits per heavy atom. The normalized spacial score (nSPS) is 10.2. The van der Waals surface area contributed by atoms with Crippen LogP contribution in [0.25, 0.3) is 0 Å². The molecule has 1 aromatic heterocycles. The van der Waals surface area contributed by atoms with E-state index in [4.69, 9.17) is 11.5 Å². The Labute approximate surface area is 109 Å². The van der Waals surface area contributed by atoms with E-state index < -0.39 is 5.91 Å². The van der Waals surface area contributed by atoms with Gasteiger partial charge in [0.1, 0.15) is 10.7 Å². The molecule has 0 aliphatic carbocycles. The number of carbonyl (C=O) groups excluding carboxylic acids is 2. The van der Waals surface area contributed by atoms with Crippen LogP contribution in [-0.2, 0) is 4.79 Å². The molecule has 1 heterocycles. The largest absolute Gasteiger partial charge is 0.382 e. The lowest BCUT2D eigenvalue weighted by molar-refractivity contribution is -0.118. The minimum absolute atomic E-state index is 0.121. The van der Waals surface area contributed by atoms with Crippen LogP contribution in [0.1, 0.15) is 16.6 Å². The molecule has 4 N–H and O–H groups in total. The highest BCUT2D eigenvalue weighted by Gasteiger charge is 2.22. The number of thiazole rings is 1. The van der Waals surface area contributed by atoms with E-state index in [0.29, 0.717) is 16.6 Å². The second-order valence-electron chi connectivity index (χ2n) is 3.89. The lowest BCUT2D eigenvalue weighted by Crippen LogP contribution is -2.38. The van der Waals surface area contributed by atoms with E-state index in [1.165, 1.54) is 16.2 Å². The quantitative estimate of drug-likeness (QED) is 0.767. The number of aromatic nitrogens is 1. The Kier molecular flexibility index (Phi) is 4.49. The van der Waals surface area contributed by atoms with Crippen LogP contribution in [0.2, 0.25) is 0 Å². The van der Waals surface area contributed by atoms with E-state index in [0.717, 1.165) is 0 Å². The zero-order valence-corrected chi connectivity index (χ0v) is 11.5. The van der Waals surface area contributed by atoms with E-state index >= 15 is 0 Å². The molecule has 0 aliphatic rings. The summed E-state index contributed by atoms with van der Waals surface area (Å²) in [6, 6.07) is 0. The predicted molar refractivity (Wildman–Crippen MR) is 71.6 cm³/mol. The van der Waals surface area contributed by atoms with Crippen LogP contribution in [0.5, 0.6) is 0 Å². The summed E-state index contributed by atoms with van der Waals surface area (Å²) in [4.78, 5) is 30.6. The fourth-order valence-electron chi connectivity index (χ4n) is 1.32. The molecule has 0 aromatic carbocycles. The van der Waals surface area contributed by atoms with Gasteiger partial charge in [-0.1, -0.05) is 11.3 Å². The number of anilines is 2. The van der Waals surface area contributed by atoms with E-state index in [1.54, 1.807) is 11.8 Å². The van der Waals surface area contributed by atoms with Gasteiger partial charge in [0.05, 0.1) is 6.54 Å². The highest BCUT2D eigenvalue weighted by molar-refractivity contribution is 7.18. The minimum atomic E-state index is -0.555. The third-order valence-corrected chi connectivity index (χ3v) is 3.46. The predicted octanol–water partition coefficient (Wildman–Crippen LogP) is -0.261. The van der Waals surface area contributed by atoms with Crippen molar-refractivity contribution in [3.05, 3.63) is 4.88 Å². The summed E-state index contributed by atoms with van der Waals surface area (Å²) in [7, 11) is 3.63. The van der Waals surface area contributed by atoms with Gasteiger partial charge in [-0.05, 0) is 6.92 Å². The molecule has 0 fully saturated rings. The van der Waals surface area contributed by atoms with Gasteiger partial charge in [0.2, 0.25) is 5.91 Å². The topological polar surface area (TPSA) is 106 Å². The number of nitrogen functional groups attached to an aromatic ring is 1. The first-order valence-electron chi connectivity index (χ1n) is 5.38. The van der Waals surface area contributed by atoms with Crippen molar-refractivity contribution in [1.29, 1.82) is 0 Å². The average Bonchev–Trinajstić information content (AvgIpc) is 2.67. The summed E-state index contributed by atoms with van der Waals surface area (Å²) in [6.07, 6.45) is 0. The molecular formula is C10H17N5O2S. The number of carbonyl (C=O) groups is 2. The Hall–Kier alpha value is -1.83. The molecule has 0 bridgehead atoms. The summed E-state index contributed by atoms with van der Waals surface area (Å²) in [5.41, 5.74) is 10.8. The molecule has 0 saturated heterocycles. The van der Waals surface area contributed by atoms with Crippen molar-refractivity contribution in [2.45, 2.75) is 6.92 Å². The number of amides is 2. The Morgan fingerprint density at radius 1 is 1.39 bits per heavy atom. The number of likely N-dealkylation sites (N-methyl/N-ethyl adjacent to an activating group) is 1. The third kappa shape index (κ3) is 3.10. The number of nitrogens with zero attached hydrogens (tertiary/aromatic N) is 3. The summed E-state index contributed by atoms with van der Waals surface area (Å²) < 4.78 is 0. The van der Waals surface area contributed by atoms with Crippen molar-refractivity contribution in [2.75, 3.05) is 37.8 Å². The molecule has 0 atom stereocenters. The SMILES string of the molecule is CCN(CC(N)=O)C(=O)c1sc(N(C)C)nc1N. The van der Waals surface area contributed by atoms with E-state index in [2.05, 4.69) is 4.98 Å². The fraction of sp³-hybridized carbons (Fsp3) is 0.500. The number of nitrogens with two attached hydrogens (primary N) is 2. The number of hydrogen-bond acceptors (Lipinski definition) is 6. The van der Waals surface area contributed by atoms with Crippen LogP contribution in [0.15, 0.2) is 0 Å². The maximum Gasteiger partial charge on any atom is 0.268 e. The van der Waals surface area contributed by atoms with Crippen LogP contribution >= 0.6 is 11.3 Å². The van der Waals surface area contributed by atoms with E-state index in [9.17, 15) is 9.59 Å². The molecule has 100 valence electrons. The van der Waals surface area contributed by atoms with Gasteiger partial charge in [-0.15, -0.1) is 0 Å². The van der Waals surface area contributed by atoms with Crippen molar-refractivity contribution in [2.24, 2.45) is 5.73 Å². The standard InChI is InChI=1S/C10H17N5O2S/c1-4-15(5-6(11)16)9(17)7-8(12)13-10(18-7)14(2)3/h4-5,12H2,1-3H3,(H2,11,16). The van der Waals surface area contributed by atoms with E-state index in [1.807, 2.05) is 14.1 Å². The molecule has 0 aliphatic heterocycles. The van der Waals surface area contributed by atoms with Crippen LogP contribution in [0.3, 0.4) is 0 Å². The lowest BCUT2D eigenvalue weighted by atomic mass is 10.4. The molecule has 2 amide bonds. The highest BCUT2D eigenvalue weighted by Crippen LogP contribution is 2.27. The smallest absolute Gasteiger partial charge is 0.268 e. The van der Waals surface area contributed by atoms with Gasteiger partial charge in [0, 0.05) is 20.6 Å². The van der Waals surface area contributed by atoms with Crippen molar-refractivity contribution >= 4 is 34.1 Å². The minimum Gasteiger partial charge on any atom is -0.382 e. The first-order chi connectivity index (χ1) is 8.36. The summed E-state index contributed by atoms with van der Waals surface area (Å²) in [6.45, 7) is 2.03. The molecular weight excluding hydrogens is 254 g/mol. The molecule has 1 rings (SSSR count). The zero-order chi connectivity index (χ0) is 13.9. The van der Waals surface area contributed by atoms with E-state index in [-0.39, 0.29) is 18.3 Å². The van der Waals surface area contributed by atoms with Gasteiger partial charge >= 0.3 is 0 Å². The second kappa shape index (κ2) is 5.67. The van der Waals surface area contributed by atoms with Crippen molar-refractivity contribution in [1.82, 2.24) is 9.88 Å². The summed E-state index contributed by atoms with van der Waals surface area (Å²) >= 11 is 1.19. The highest BCUT2D eigenvalue weighted by atomic mass is 32.1. The van der Waals surface area contributed by atoms with Gasteiger partial charge < -0.3 is 21.3 Å². The van der Waals surface area contributed by atoms with Gasteiger partial charge in [-0.25, -0.2) is 4.98 Å². The molecule has 8 heteroatoms. The molecule has 0 saturated carbocycles. The van der Waals surface area contributed by atoms with Gasteiger partial charge in [-0.3, -0.25) is 9.59 Å². The molecule has 1 aromatic rings.